The Morgan fingerprint density at radius 1 is 1.42 bits per heavy atom. The minimum Gasteiger partial charge on any atom is -0.352 e. The summed E-state index contributed by atoms with van der Waals surface area (Å²) in [7, 11) is 0. The maximum absolute atomic E-state index is 13.4. The molecule has 1 aromatic rings. The monoisotopic (exact) mass is 266 g/mol. The molecule has 0 aliphatic rings. The average Bonchev–Trinajstić information content (AvgIpc) is 2.36. The predicted octanol–water partition coefficient (Wildman–Crippen LogP) is 2.37. The number of hydrogen-bond acceptors (Lipinski definition) is 2. The van der Waals surface area contributed by atoms with Crippen LogP contribution in [0, 0.1) is 24.6 Å². The number of amides is 1. The summed E-state index contributed by atoms with van der Waals surface area (Å²) in [5.74, 6) is -0.0482. The van der Waals surface area contributed by atoms with E-state index >= 15 is 0 Å². The highest BCUT2D eigenvalue weighted by atomic mass is 19.1. The first kappa shape index (κ1) is 15.6. The molecule has 0 fully saturated rings. The van der Waals surface area contributed by atoms with Crippen LogP contribution in [0.3, 0.4) is 0 Å². The Bertz CT molecular complexity index is 432. The fraction of sp³-hybridized carbons (Fsp3) is 0.533. The highest BCUT2D eigenvalue weighted by molar-refractivity contribution is 5.78. The third-order valence-electron chi connectivity index (χ3n) is 3.11. The van der Waals surface area contributed by atoms with Gasteiger partial charge in [0.05, 0.1) is 5.92 Å². The van der Waals surface area contributed by atoms with Crippen molar-refractivity contribution in [2.24, 2.45) is 17.6 Å². The van der Waals surface area contributed by atoms with Crippen LogP contribution in [0.1, 0.15) is 31.4 Å². The van der Waals surface area contributed by atoms with Crippen LogP contribution >= 0.6 is 0 Å². The molecule has 0 saturated carbocycles. The number of aryl methyl sites for hydroxylation is 1. The van der Waals surface area contributed by atoms with Gasteiger partial charge in [0, 0.05) is 13.1 Å². The second-order valence-electron chi connectivity index (χ2n) is 5.36. The molecule has 1 amide bonds. The SMILES string of the molecule is Cc1ccc(CNC(=O)C(CN)CC(C)C)cc1F. The Balaban J connectivity index is 2.55. The summed E-state index contributed by atoms with van der Waals surface area (Å²) in [5.41, 5.74) is 6.98. The van der Waals surface area contributed by atoms with Gasteiger partial charge in [-0.3, -0.25) is 4.79 Å². The molecule has 0 aliphatic carbocycles. The van der Waals surface area contributed by atoms with Gasteiger partial charge in [0.15, 0.2) is 0 Å². The molecule has 0 saturated heterocycles. The van der Waals surface area contributed by atoms with E-state index in [1.54, 1.807) is 13.0 Å². The van der Waals surface area contributed by atoms with Crippen LogP contribution in [-0.4, -0.2) is 12.5 Å². The highest BCUT2D eigenvalue weighted by Gasteiger charge is 2.17. The number of rotatable bonds is 6. The average molecular weight is 266 g/mol. The molecule has 106 valence electrons. The molecule has 1 atom stereocenters. The second-order valence-corrected chi connectivity index (χ2v) is 5.36. The number of carbonyl (C=O) groups is 1. The van der Waals surface area contributed by atoms with Gasteiger partial charge < -0.3 is 11.1 Å². The van der Waals surface area contributed by atoms with Gasteiger partial charge in [0.1, 0.15) is 5.82 Å². The molecule has 1 aromatic carbocycles. The number of benzene rings is 1. The van der Waals surface area contributed by atoms with Gasteiger partial charge in [0.25, 0.3) is 0 Å². The van der Waals surface area contributed by atoms with E-state index in [9.17, 15) is 9.18 Å². The van der Waals surface area contributed by atoms with Gasteiger partial charge in [-0.1, -0.05) is 26.0 Å². The van der Waals surface area contributed by atoms with Gasteiger partial charge in [-0.2, -0.15) is 0 Å². The van der Waals surface area contributed by atoms with E-state index in [-0.39, 0.29) is 17.6 Å². The van der Waals surface area contributed by atoms with Crippen LogP contribution in [0.4, 0.5) is 4.39 Å². The van der Waals surface area contributed by atoms with Crippen LogP contribution in [-0.2, 0) is 11.3 Å². The molecule has 0 radical (unpaired) electrons. The molecule has 0 heterocycles. The predicted molar refractivity (Wildman–Crippen MR) is 75.0 cm³/mol. The zero-order valence-corrected chi connectivity index (χ0v) is 11.9. The number of halogens is 1. The maximum Gasteiger partial charge on any atom is 0.224 e. The second kappa shape index (κ2) is 7.24. The largest absolute Gasteiger partial charge is 0.352 e. The molecule has 0 aromatic heterocycles. The smallest absolute Gasteiger partial charge is 0.224 e. The van der Waals surface area contributed by atoms with Crippen LogP contribution in [0.2, 0.25) is 0 Å². The first-order valence-corrected chi connectivity index (χ1v) is 6.66. The Morgan fingerprint density at radius 3 is 2.63 bits per heavy atom. The lowest BCUT2D eigenvalue weighted by molar-refractivity contribution is -0.125. The number of nitrogens with two attached hydrogens (primary N) is 1. The van der Waals surface area contributed by atoms with Crippen LogP contribution < -0.4 is 11.1 Å². The van der Waals surface area contributed by atoms with Gasteiger partial charge in [-0.05, 0) is 36.5 Å². The summed E-state index contributed by atoms with van der Waals surface area (Å²) in [5, 5.41) is 2.82. The summed E-state index contributed by atoms with van der Waals surface area (Å²) in [6, 6.07) is 4.99. The fourth-order valence-corrected chi connectivity index (χ4v) is 1.96. The van der Waals surface area contributed by atoms with Gasteiger partial charge in [0.2, 0.25) is 5.91 Å². The molecule has 3 nitrogen and oxygen atoms in total. The Labute approximate surface area is 114 Å². The third kappa shape index (κ3) is 4.99. The van der Waals surface area contributed by atoms with Crippen molar-refractivity contribution in [3.05, 3.63) is 35.1 Å². The van der Waals surface area contributed by atoms with E-state index in [1.807, 2.05) is 6.07 Å². The van der Waals surface area contributed by atoms with Gasteiger partial charge in [-0.25, -0.2) is 4.39 Å². The minimum absolute atomic E-state index is 0.0582. The van der Waals surface area contributed by atoms with Crippen molar-refractivity contribution in [2.75, 3.05) is 6.54 Å². The van der Waals surface area contributed by atoms with Crippen LogP contribution in [0.25, 0.3) is 0 Å². The van der Waals surface area contributed by atoms with E-state index < -0.39 is 0 Å². The van der Waals surface area contributed by atoms with Crippen molar-refractivity contribution < 1.29 is 9.18 Å². The lowest BCUT2D eigenvalue weighted by atomic mass is 9.96. The number of carbonyl (C=O) groups excluding carboxylic acids is 1. The standard InChI is InChI=1S/C15H23FN2O/c1-10(2)6-13(8-17)15(19)18-9-12-5-4-11(3)14(16)7-12/h4-5,7,10,13H,6,8-9,17H2,1-3H3,(H,18,19). The minimum atomic E-state index is -0.246. The molecule has 0 bridgehead atoms. The summed E-state index contributed by atoms with van der Waals surface area (Å²) >= 11 is 0. The van der Waals surface area contributed by atoms with E-state index in [2.05, 4.69) is 19.2 Å². The number of nitrogens with one attached hydrogen (secondary N) is 1. The van der Waals surface area contributed by atoms with Crippen molar-refractivity contribution in [2.45, 2.75) is 33.7 Å². The van der Waals surface area contributed by atoms with Crippen molar-refractivity contribution >= 4 is 5.91 Å². The Kier molecular flexibility index (Phi) is 5.96. The quantitative estimate of drug-likeness (QED) is 0.830. The molecule has 1 rings (SSSR count). The lowest BCUT2D eigenvalue weighted by Gasteiger charge is -2.16. The van der Waals surface area contributed by atoms with Gasteiger partial charge >= 0.3 is 0 Å². The van der Waals surface area contributed by atoms with Crippen molar-refractivity contribution in [1.29, 1.82) is 0 Å². The summed E-state index contributed by atoms with van der Waals surface area (Å²) in [6.07, 6.45) is 0.768. The summed E-state index contributed by atoms with van der Waals surface area (Å²) in [4.78, 5) is 12.0. The first-order valence-electron chi connectivity index (χ1n) is 6.66. The first-order chi connectivity index (χ1) is 8.93. The Hall–Kier alpha value is -1.42. The lowest BCUT2D eigenvalue weighted by Crippen LogP contribution is -2.35. The number of hydrogen-bond donors (Lipinski definition) is 2. The van der Waals surface area contributed by atoms with E-state index in [0.29, 0.717) is 24.6 Å². The van der Waals surface area contributed by atoms with Crippen molar-refractivity contribution in [3.63, 3.8) is 0 Å². The molecular formula is C15H23FN2O. The molecule has 1 unspecified atom stereocenters. The zero-order valence-electron chi connectivity index (χ0n) is 11.9. The maximum atomic E-state index is 13.4. The third-order valence-corrected chi connectivity index (χ3v) is 3.11. The van der Waals surface area contributed by atoms with E-state index in [1.165, 1.54) is 6.07 Å². The zero-order chi connectivity index (χ0) is 14.4. The Morgan fingerprint density at radius 2 is 2.11 bits per heavy atom. The van der Waals surface area contributed by atoms with E-state index in [4.69, 9.17) is 5.73 Å². The molecule has 0 spiro atoms. The topological polar surface area (TPSA) is 55.1 Å². The van der Waals surface area contributed by atoms with Crippen LogP contribution in [0.5, 0.6) is 0 Å². The normalized spacial score (nSPS) is 12.5. The highest BCUT2D eigenvalue weighted by Crippen LogP contribution is 2.12. The molecular weight excluding hydrogens is 243 g/mol. The van der Waals surface area contributed by atoms with Crippen LogP contribution in [0.15, 0.2) is 18.2 Å². The summed E-state index contributed by atoms with van der Waals surface area (Å²) in [6.45, 7) is 6.51. The van der Waals surface area contributed by atoms with E-state index in [0.717, 1.165) is 12.0 Å². The molecule has 0 aliphatic heterocycles. The molecule has 4 heteroatoms. The van der Waals surface area contributed by atoms with Crippen molar-refractivity contribution in [3.8, 4) is 0 Å². The van der Waals surface area contributed by atoms with Crippen molar-refractivity contribution in [1.82, 2.24) is 5.32 Å². The molecule has 19 heavy (non-hydrogen) atoms. The van der Waals surface area contributed by atoms with Gasteiger partial charge in [-0.15, -0.1) is 0 Å². The summed E-state index contributed by atoms with van der Waals surface area (Å²) < 4.78 is 13.4. The molecule has 3 N–H and O–H groups in total. The fourth-order valence-electron chi connectivity index (χ4n) is 1.96.